The van der Waals surface area contributed by atoms with Gasteiger partial charge >= 0.3 is 0 Å². The van der Waals surface area contributed by atoms with Gasteiger partial charge in [0.1, 0.15) is 11.6 Å². The van der Waals surface area contributed by atoms with Gasteiger partial charge in [-0.15, -0.1) is 0 Å². The normalized spacial score (nSPS) is 13.8. The number of fused-ring (bicyclic) bond motifs is 1. The molecule has 3 aromatic rings. The van der Waals surface area contributed by atoms with E-state index in [1.807, 2.05) is 12.1 Å². The van der Waals surface area contributed by atoms with Crippen LogP contribution in [0.3, 0.4) is 0 Å². The number of hydrogen-bond donors (Lipinski definition) is 2. The second-order valence-corrected chi connectivity index (χ2v) is 7.15. The van der Waals surface area contributed by atoms with Crippen molar-refractivity contribution in [3.05, 3.63) is 58.4 Å². The number of halogens is 2. The number of anilines is 2. The predicted molar refractivity (Wildman–Crippen MR) is 103 cm³/mol. The molecule has 1 aliphatic rings. The molecule has 2 heterocycles. The minimum absolute atomic E-state index is 0.476. The van der Waals surface area contributed by atoms with Crippen molar-refractivity contribution in [2.75, 3.05) is 23.7 Å². The Kier molecular flexibility index (Phi) is 4.53. The van der Waals surface area contributed by atoms with Crippen molar-refractivity contribution in [1.82, 2.24) is 9.97 Å². The molecule has 0 bridgehead atoms. The first-order chi connectivity index (χ1) is 12.2. The molecule has 0 saturated heterocycles. The molecular formula is C19H18BrFN4. The van der Waals surface area contributed by atoms with Crippen LogP contribution >= 0.6 is 15.9 Å². The first kappa shape index (κ1) is 16.3. The van der Waals surface area contributed by atoms with Crippen LogP contribution in [0.25, 0.3) is 10.9 Å². The van der Waals surface area contributed by atoms with E-state index in [-0.39, 0.29) is 0 Å². The molecule has 0 unspecified atom stereocenters. The largest absolute Gasteiger partial charge is 0.368 e. The molecule has 0 aliphatic heterocycles. The molecule has 1 saturated carbocycles. The molecule has 4 rings (SSSR count). The Morgan fingerprint density at radius 2 is 1.88 bits per heavy atom. The molecule has 0 radical (unpaired) electrons. The van der Waals surface area contributed by atoms with E-state index in [1.54, 1.807) is 12.1 Å². The lowest BCUT2D eigenvalue weighted by Crippen LogP contribution is -2.16. The number of nitrogens with one attached hydrogen (secondary N) is 2. The van der Waals surface area contributed by atoms with E-state index in [0.717, 1.165) is 21.2 Å². The fraction of sp³-hybridized carbons (Fsp3) is 0.263. The van der Waals surface area contributed by atoms with Gasteiger partial charge < -0.3 is 10.6 Å². The summed E-state index contributed by atoms with van der Waals surface area (Å²) in [6, 6.07) is 13.1. The fourth-order valence-corrected chi connectivity index (χ4v) is 3.27. The van der Waals surface area contributed by atoms with Crippen molar-refractivity contribution in [2.45, 2.75) is 18.8 Å². The molecule has 4 nitrogen and oxygen atoms in total. The predicted octanol–water partition coefficient (Wildman–Crippen LogP) is 4.93. The first-order valence-corrected chi connectivity index (χ1v) is 9.19. The maximum absolute atomic E-state index is 13.1. The van der Waals surface area contributed by atoms with Crippen LogP contribution in [0.5, 0.6) is 0 Å². The van der Waals surface area contributed by atoms with Gasteiger partial charge in [-0.1, -0.05) is 22.0 Å². The molecule has 128 valence electrons. The summed E-state index contributed by atoms with van der Waals surface area (Å²) < 4.78 is 14.2. The summed E-state index contributed by atoms with van der Waals surface area (Å²) in [7, 11) is 0. The summed E-state index contributed by atoms with van der Waals surface area (Å²) in [6.07, 6.45) is 2.45. The molecule has 25 heavy (non-hydrogen) atoms. The van der Waals surface area contributed by atoms with Crippen molar-refractivity contribution >= 4 is 38.5 Å². The smallest absolute Gasteiger partial charge is 0.214 e. The Morgan fingerprint density at radius 3 is 2.68 bits per heavy atom. The number of benzene rings is 1. The third-order valence-electron chi connectivity index (χ3n) is 4.26. The number of aromatic nitrogens is 2. The minimum atomic E-state index is -0.476. The van der Waals surface area contributed by atoms with Crippen LogP contribution in [-0.4, -0.2) is 23.1 Å². The molecule has 0 amide bonds. The topological polar surface area (TPSA) is 49.8 Å². The summed E-state index contributed by atoms with van der Waals surface area (Å²) >= 11 is 3.52. The van der Waals surface area contributed by atoms with E-state index < -0.39 is 5.95 Å². The highest BCUT2D eigenvalue weighted by molar-refractivity contribution is 9.10. The number of pyridine rings is 2. The second kappa shape index (κ2) is 6.96. The summed E-state index contributed by atoms with van der Waals surface area (Å²) in [5.74, 6) is 1.62. The monoisotopic (exact) mass is 400 g/mol. The standard InChI is InChI=1S/C19H18BrFN4/c20-14-6-7-16-13(10-14)11-15(12-4-5-12)19(24-16)23-9-8-22-18-3-1-2-17(21)25-18/h1-3,6-7,10-12H,4-5,8-9H2,(H,22,25)(H,23,24). The summed E-state index contributed by atoms with van der Waals surface area (Å²) in [4.78, 5) is 8.60. The Bertz CT molecular complexity index is 911. The Labute approximate surface area is 154 Å². The molecule has 0 atom stereocenters. The van der Waals surface area contributed by atoms with Crippen LogP contribution in [-0.2, 0) is 0 Å². The highest BCUT2D eigenvalue weighted by atomic mass is 79.9. The van der Waals surface area contributed by atoms with Gasteiger partial charge in [-0.05, 0) is 60.7 Å². The van der Waals surface area contributed by atoms with Crippen LogP contribution < -0.4 is 10.6 Å². The third-order valence-corrected chi connectivity index (χ3v) is 4.76. The SMILES string of the molecule is Fc1cccc(NCCNc2nc3ccc(Br)cc3cc2C2CC2)n1. The number of rotatable bonds is 6. The van der Waals surface area contributed by atoms with E-state index in [1.165, 1.54) is 24.5 Å². The summed E-state index contributed by atoms with van der Waals surface area (Å²) in [6.45, 7) is 1.33. The van der Waals surface area contributed by atoms with E-state index >= 15 is 0 Å². The molecular weight excluding hydrogens is 383 g/mol. The lowest BCUT2D eigenvalue weighted by molar-refractivity contribution is 0.585. The lowest BCUT2D eigenvalue weighted by atomic mass is 10.1. The summed E-state index contributed by atoms with van der Waals surface area (Å²) in [5, 5.41) is 7.69. The van der Waals surface area contributed by atoms with Gasteiger partial charge in [-0.3, -0.25) is 0 Å². The number of nitrogens with zero attached hydrogens (tertiary/aromatic N) is 2. The average Bonchev–Trinajstić information content (AvgIpc) is 3.43. The zero-order valence-electron chi connectivity index (χ0n) is 13.6. The van der Waals surface area contributed by atoms with Gasteiger partial charge in [0.15, 0.2) is 0 Å². The minimum Gasteiger partial charge on any atom is -0.368 e. The van der Waals surface area contributed by atoms with Crippen molar-refractivity contribution in [3.8, 4) is 0 Å². The van der Waals surface area contributed by atoms with Crippen LogP contribution in [0, 0.1) is 5.95 Å². The van der Waals surface area contributed by atoms with Crippen molar-refractivity contribution < 1.29 is 4.39 Å². The summed E-state index contributed by atoms with van der Waals surface area (Å²) in [5.41, 5.74) is 2.27. The maximum atomic E-state index is 13.1. The number of hydrogen-bond acceptors (Lipinski definition) is 4. The highest BCUT2D eigenvalue weighted by Gasteiger charge is 2.27. The van der Waals surface area contributed by atoms with E-state index in [9.17, 15) is 4.39 Å². The van der Waals surface area contributed by atoms with E-state index in [4.69, 9.17) is 4.98 Å². The zero-order valence-corrected chi connectivity index (χ0v) is 15.2. The molecule has 0 spiro atoms. The fourth-order valence-electron chi connectivity index (χ4n) is 2.89. The van der Waals surface area contributed by atoms with Gasteiger partial charge in [-0.2, -0.15) is 4.39 Å². The molecule has 1 fully saturated rings. The van der Waals surface area contributed by atoms with Crippen LogP contribution in [0.15, 0.2) is 46.9 Å². The Morgan fingerprint density at radius 1 is 1.04 bits per heavy atom. The highest BCUT2D eigenvalue weighted by Crippen LogP contribution is 2.44. The van der Waals surface area contributed by atoms with Crippen LogP contribution in [0.4, 0.5) is 16.0 Å². The van der Waals surface area contributed by atoms with Crippen LogP contribution in [0.2, 0.25) is 0 Å². The Balaban J connectivity index is 1.46. The molecule has 2 N–H and O–H groups in total. The van der Waals surface area contributed by atoms with Gasteiger partial charge in [0, 0.05) is 22.9 Å². The van der Waals surface area contributed by atoms with Crippen LogP contribution in [0.1, 0.15) is 24.3 Å². The quantitative estimate of drug-likeness (QED) is 0.454. The van der Waals surface area contributed by atoms with Gasteiger partial charge in [0.05, 0.1) is 5.52 Å². The second-order valence-electron chi connectivity index (χ2n) is 6.24. The molecule has 1 aromatic carbocycles. The zero-order chi connectivity index (χ0) is 17.2. The van der Waals surface area contributed by atoms with Crippen molar-refractivity contribution in [2.24, 2.45) is 0 Å². The molecule has 6 heteroatoms. The molecule has 2 aromatic heterocycles. The van der Waals surface area contributed by atoms with Crippen molar-refractivity contribution in [3.63, 3.8) is 0 Å². The first-order valence-electron chi connectivity index (χ1n) is 8.39. The van der Waals surface area contributed by atoms with E-state index in [0.29, 0.717) is 24.8 Å². The maximum Gasteiger partial charge on any atom is 0.214 e. The van der Waals surface area contributed by atoms with Crippen molar-refractivity contribution in [1.29, 1.82) is 0 Å². The van der Waals surface area contributed by atoms with E-state index in [2.05, 4.69) is 43.7 Å². The van der Waals surface area contributed by atoms with Gasteiger partial charge in [0.25, 0.3) is 0 Å². The molecule has 1 aliphatic carbocycles. The van der Waals surface area contributed by atoms with Gasteiger partial charge in [-0.25, -0.2) is 9.97 Å². The lowest BCUT2D eigenvalue weighted by Gasteiger charge is -2.13. The van der Waals surface area contributed by atoms with Gasteiger partial charge in [0.2, 0.25) is 5.95 Å². The Hall–Kier alpha value is -2.21. The third kappa shape index (κ3) is 3.90. The average molecular weight is 401 g/mol.